The maximum Gasteiger partial charge on any atom is 0.335 e. The Hall–Kier alpha value is -2.87. The van der Waals surface area contributed by atoms with Gasteiger partial charge >= 0.3 is 11.7 Å². The number of hydrogen-bond acceptors (Lipinski definition) is 6. The van der Waals surface area contributed by atoms with Crippen molar-refractivity contribution in [2.75, 3.05) is 11.1 Å². The number of hydrogen-bond donors (Lipinski definition) is 3. The number of aromatic carboxylic acids is 1. The lowest BCUT2D eigenvalue weighted by molar-refractivity contribution is -0.384. The minimum Gasteiger partial charge on any atom is -0.478 e. The topological polar surface area (TPSA) is 131 Å². The van der Waals surface area contributed by atoms with Crippen LogP contribution in [0.4, 0.5) is 23.0 Å². The third-order valence-electron chi connectivity index (χ3n) is 2.58. The van der Waals surface area contributed by atoms with Gasteiger partial charge in [-0.05, 0) is 24.3 Å². The average molecular weight is 309 g/mol. The quantitative estimate of drug-likeness (QED) is 0.584. The van der Waals surface area contributed by atoms with Crippen LogP contribution < -0.4 is 11.1 Å². The predicted octanol–water partition coefficient (Wildman–Crippen LogP) is 2.67. The van der Waals surface area contributed by atoms with Crippen molar-refractivity contribution >= 4 is 40.6 Å². The Morgan fingerprint density at radius 3 is 2.62 bits per heavy atom. The third kappa shape index (κ3) is 3.18. The van der Waals surface area contributed by atoms with Crippen LogP contribution >= 0.6 is 11.6 Å². The molecule has 0 bridgehead atoms. The Bertz CT molecular complexity index is 735. The molecule has 0 amide bonds. The zero-order valence-corrected chi connectivity index (χ0v) is 11.2. The van der Waals surface area contributed by atoms with Gasteiger partial charge in [0.15, 0.2) is 0 Å². The fourth-order valence-electron chi connectivity index (χ4n) is 1.58. The highest BCUT2D eigenvalue weighted by atomic mass is 35.5. The van der Waals surface area contributed by atoms with Crippen LogP contribution in [0, 0.1) is 10.1 Å². The Kier molecular flexibility index (Phi) is 3.90. The second kappa shape index (κ2) is 5.63. The molecule has 4 N–H and O–H groups in total. The summed E-state index contributed by atoms with van der Waals surface area (Å²) in [6.45, 7) is 0. The predicted molar refractivity (Wildman–Crippen MR) is 77.0 cm³/mol. The van der Waals surface area contributed by atoms with Crippen LogP contribution in [-0.4, -0.2) is 21.0 Å². The van der Waals surface area contributed by atoms with E-state index >= 15 is 0 Å². The van der Waals surface area contributed by atoms with Crippen molar-refractivity contribution in [2.24, 2.45) is 0 Å². The Labute approximate surface area is 123 Å². The van der Waals surface area contributed by atoms with Gasteiger partial charge in [-0.1, -0.05) is 11.6 Å². The van der Waals surface area contributed by atoms with Crippen LogP contribution in [0.3, 0.4) is 0 Å². The molecule has 1 aromatic heterocycles. The van der Waals surface area contributed by atoms with Crippen molar-refractivity contribution in [2.45, 2.75) is 0 Å². The van der Waals surface area contributed by atoms with Crippen LogP contribution in [0.15, 0.2) is 30.3 Å². The van der Waals surface area contributed by atoms with Gasteiger partial charge in [-0.2, -0.15) is 0 Å². The van der Waals surface area contributed by atoms with Gasteiger partial charge in [0.2, 0.25) is 5.82 Å². The first-order chi connectivity index (χ1) is 9.88. The lowest BCUT2D eigenvalue weighted by Gasteiger charge is -2.08. The molecule has 108 valence electrons. The van der Waals surface area contributed by atoms with E-state index in [-0.39, 0.29) is 27.9 Å². The molecule has 0 radical (unpaired) electrons. The number of nitrogens with zero attached hydrogens (tertiary/aromatic N) is 2. The number of nitrogen functional groups attached to an aromatic ring is 1. The van der Waals surface area contributed by atoms with Crippen LogP contribution in [0.25, 0.3) is 0 Å². The minimum absolute atomic E-state index is 0.0433. The highest BCUT2D eigenvalue weighted by Crippen LogP contribution is 2.28. The van der Waals surface area contributed by atoms with Gasteiger partial charge in [-0.15, -0.1) is 0 Å². The molecule has 0 unspecified atom stereocenters. The minimum atomic E-state index is -1.10. The molecular weight excluding hydrogens is 300 g/mol. The van der Waals surface area contributed by atoms with Crippen molar-refractivity contribution in [3.05, 3.63) is 51.0 Å². The molecule has 0 aliphatic heterocycles. The van der Waals surface area contributed by atoms with E-state index in [1.54, 1.807) is 0 Å². The van der Waals surface area contributed by atoms with E-state index < -0.39 is 10.9 Å². The highest BCUT2D eigenvalue weighted by Gasteiger charge is 2.13. The van der Waals surface area contributed by atoms with Crippen molar-refractivity contribution in [1.29, 1.82) is 0 Å². The molecule has 0 aliphatic rings. The molecular formula is C12H9ClN4O4. The second-order valence-corrected chi connectivity index (χ2v) is 4.39. The first-order valence-corrected chi connectivity index (χ1v) is 5.97. The SMILES string of the molecule is Nc1nc(Nc2ccc(C(=O)O)cc2Cl)ccc1[N+](=O)[O-]. The number of aromatic nitrogens is 1. The van der Waals surface area contributed by atoms with Gasteiger partial charge in [0.05, 0.1) is 21.2 Å². The van der Waals surface area contributed by atoms with Crippen molar-refractivity contribution < 1.29 is 14.8 Å². The Morgan fingerprint density at radius 2 is 2.10 bits per heavy atom. The van der Waals surface area contributed by atoms with Gasteiger partial charge in [0, 0.05) is 6.07 Å². The maximum absolute atomic E-state index is 10.8. The summed E-state index contributed by atoms with van der Waals surface area (Å²) in [5, 5.41) is 22.5. The molecule has 8 nitrogen and oxygen atoms in total. The standard InChI is InChI=1S/C12H9ClN4O4/c13-7-5-6(12(18)19)1-2-8(7)15-10-4-3-9(17(20)21)11(14)16-10/h1-5H,(H,18,19)(H3,14,15,16). The van der Waals surface area contributed by atoms with E-state index in [9.17, 15) is 14.9 Å². The van der Waals surface area contributed by atoms with Crippen LogP contribution in [0.5, 0.6) is 0 Å². The fraction of sp³-hybridized carbons (Fsp3) is 0. The monoisotopic (exact) mass is 308 g/mol. The number of nitrogens with two attached hydrogens (primary N) is 1. The molecule has 0 aliphatic carbocycles. The summed E-state index contributed by atoms with van der Waals surface area (Å²) < 4.78 is 0. The molecule has 0 saturated heterocycles. The number of carbonyl (C=O) groups is 1. The highest BCUT2D eigenvalue weighted by molar-refractivity contribution is 6.33. The lowest BCUT2D eigenvalue weighted by Crippen LogP contribution is -2.02. The number of halogens is 1. The summed E-state index contributed by atoms with van der Waals surface area (Å²) in [6.07, 6.45) is 0. The summed E-state index contributed by atoms with van der Waals surface area (Å²) in [6, 6.07) is 6.69. The Morgan fingerprint density at radius 1 is 1.38 bits per heavy atom. The van der Waals surface area contributed by atoms with Gasteiger partial charge in [-0.25, -0.2) is 9.78 Å². The molecule has 1 aromatic carbocycles. The number of benzene rings is 1. The maximum atomic E-state index is 10.8. The third-order valence-corrected chi connectivity index (χ3v) is 2.89. The first-order valence-electron chi connectivity index (χ1n) is 5.59. The lowest BCUT2D eigenvalue weighted by atomic mass is 10.2. The smallest absolute Gasteiger partial charge is 0.335 e. The molecule has 2 rings (SSSR count). The van der Waals surface area contributed by atoms with E-state index in [1.807, 2.05) is 0 Å². The summed E-state index contributed by atoms with van der Waals surface area (Å²) in [7, 11) is 0. The fourth-order valence-corrected chi connectivity index (χ4v) is 1.81. The molecule has 0 fully saturated rings. The van der Waals surface area contributed by atoms with Gasteiger partial charge in [0.1, 0.15) is 5.82 Å². The number of anilines is 3. The normalized spacial score (nSPS) is 10.1. The molecule has 0 spiro atoms. The molecule has 0 atom stereocenters. The molecule has 2 aromatic rings. The second-order valence-electron chi connectivity index (χ2n) is 3.98. The molecule has 9 heteroatoms. The Balaban J connectivity index is 2.28. The number of carboxylic acids is 1. The van der Waals surface area contributed by atoms with Crippen LogP contribution in [0.2, 0.25) is 5.02 Å². The zero-order chi connectivity index (χ0) is 15.6. The number of nitrogens with one attached hydrogen (secondary N) is 1. The van der Waals surface area contributed by atoms with Crippen molar-refractivity contribution in [1.82, 2.24) is 4.98 Å². The van der Waals surface area contributed by atoms with Crippen LogP contribution in [0.1, 0.15) is 10.4 Å². The van der Waals surface area contributed by atoms with Gasteiger partial charge in [0.25, 0.3) is 0 Å². The summed E-state index contributed by atoms with van der Waals surface area (Å²) in [5.41, 5.74) is 5.62. The van der Waals surface area contributed by atoms with E-state index in [4.69, 9.17) is 22.4 Å². The average Bonchev–Trinajstić information content (AvgIpc) is 2.40. The van der Waals surface area contributed by atoms with Crippen molar-refractivity contribution in [3.8, 4) is 0 Å². The number of nitro groups is 1. The summed E-state index contributed by atoms with van der Waals surface area (Å²) in [5.74, 6) is -1.08. The molecule has 1 heterocycles. The summed E-state index contributed by atoms with van der Waals surface area (Å²) in [4.78, 5) is 24.6. The van der Waals surface area contributed by atoms with Crippen LogP contribution in [-0.2, 0) is 0 Å². The van der Waals surface area contributed by atoms with Gasteiger partial charge in [-0.3, -0.25) is 10.1 Å². The molecule has 21 heavy (non-hydrogen) atoms. The number of carboxylic acid groups (broad SMARTS) is 1. The zero-order valence-electron chi connectivity index (χ0n) is 10.4. The summed E-state index contributed by atoms with van der Waals surface area (Å²) >= 11 is 5.95. The van der Waals surface area contributed by atoms with Crippen molar-refractivity contribution in [3.63, 3.8) is 0 Å². The molecule has 0 saturated carbocycles. The number of pyridine rings is 1. The number of rotatable bonds is 4. The van der Waals surface area contributed by atoms with E-state index in [2.05, 4.69) is 10.3 Å². The van der Waals surface area contributed by atoms with E-state index in [0.717, 1.165) is 0 Å². The first kappa shape index (κ1) is 14.5. The van der Waals surface area contributed by atoms with Gasteiger partial charge < -0.3 is 16.2 Å². The van der Waals surface area contributed by atoms with E-state index in [1.165, 1.54) is 30.3 Å². The van der Waals surface area contributed by atoms with E-state index in [0.29, 0.717) is 5.69 Å². The largest absolute Gasteiger partial charge is 0.478 e.